The number of aliphatic imine (C=N–C) groups is 1. The fourth-order valence-corrected chi connectivity index (χ4v) is 4.24. The van der Waals surface area contributed by atoms with E-state index in [0.29, 0.717) is 37.2 Å². The fourth-order valence-electron chi connectivity index (χ4n) is 4.07. The molecule has 4 heterocycles. The Hall–Kier alpha value is -2.71. The molecule has 2 aliphatic rings. The number of halogens is 1. The van der Waals surface area contributed by atoms with Crippen molar-refractivity contribution in [3.63, 3.8) is 0 Å². The van der Waals surface area contributed by atoms with Crippen LogP contribution in [0.3, 0.4) is 0 Å². The summed E-state index contributed by atoms with van der Waals surface area (Å²) in [6.07, 6.45) is 5.87. The number of methoxy groups -OCH3 is 1. The van der Waals surface area contributed by atoms with Gasteiger partial charge in [0.25, 0.3) is 0 Å². The summed E-state index contributed by atoms with van der Waals surface area (Å²) in [5.41, 5.74) is 3.54. The van der Waals surface area contributed by atoms with Gasteiger partial charge in [-0.2, -0.15) is 0 Å². The number of nitrogens with zero attached hydrogens (tertiary/aromatic N) is 6. The first-order valence-corrected chi connectivity index (χ1v) is 11.9. The Bertz CT molecular complexity index is 1140. The monoisotopic (exact) mass is 470 g/mol. The van der Waals surface area contributed by atoms with Crippen LogP contribution in [0.5, 0.6) is 0 Å². The molecular formula is C24H31ClN6O2. The molecule has 0 saturated carbocycles. The lowest BCUT2D eigenvalue weighted by molar-refractivity contribution is 0.174. The van der Waals surface area contributed by atoms with Crippen molar-refractivity contribution in [1.29, 1.82) is 0 Å². The third-order valence-corrected chi connectivity index (χ3v) is 6.24. The van der Waals surface area contributed by atoms with Crippen molar-refractivity contribution in [2.75, 3.05) is 20.3 Å². The van der Waals surface area contributed by atoms with Crippen LogP contribution in [0.2, 0.25) is 5.02 Å². The number of fused-ring (bicyclic) bond motifs is 5. The summed E-state index contributed by atoms with van der Waals surface area (Å²) < 4.78 is 15.0. The highest BCUT2D eigenvalue weighted by Crippen LogP contribution is 2.34. The van der Waals surface area contributed by atoms with Crippen LogP contribution in [0.25, 0.3) is 17.1 Å². The highest BCUT2D eigenvalue weighted by atomic mass is 35.5. The SMILES string of the molecule is CCCC(C)CC.COCc1nnc2n1Cc1c(C3=NCCO3)ncn1-c1ccc(Cl)cc1-2. The van der Waals surface area contributed by atoms with Gasteiger partial charge in [-0.3, -0.25) is 4.57 Å². The topological polar surface area (TPSA) is 79.3 Å². The number of rotatable bonds is 6. The van der Waals surface area contributed by atoms with E-state index >= 15 is 0 Å². The van der Waals surface area contributed by atoms with Gasteiger partial charge < -0.3 is 14.0 Å². The van der Waals surface area contributed by atoms with E-state index < -0.39 is 0 Å². The quantitative estimate of drug-likeness (QED) is 0.400. The zero-order valence-corrected chi connectivity index (χ0v) is 20.5. The molecule has 1 unspecified atom stereocenters. The molecule has 0 bridgehead atoms. The van der Waals surface area contributed by atoms with Crippen molar-refractivity contribution < 1.29 is 9.47 Å². The number of benzene rings is 1. The molecule has 0 aliphatic carbocycles. The highest BCUT2D eigenvalue weighted by Gasteiger charge is 2.28. The molecule has 5 rings (SSSR count). The minimum atomic E-state index is 0.365. The molecule has 0 N–H and O–H groups in total. The molecule has 2 aliphatic heterocycles. The molecule has 0 radical (unpaired) electrons. The van der Waals surface area contributed by atoms with Gasteiger partial charge in [0.1, 0.15) is 25.2 Å². The van der Waals surface area contributed by atoms with Gasteiger partial charge in [-0.25, -0.2) is 9.98 Å². The van der Waals surface area contributed by atoms with Gasteiger partial charge >= 0.3 is 0 Å². The lowest BCUT2D eigenvalue weighted by atomic mass is 10.0. The van der Waals surface area contributed by atoms with Crippen LogP contribution in [0.1, 0.15) is 57.2 Å². The van der Waals surface area contributed by atoms with Gasteiger partial charge in [0.2, 0.25) is 5.90 Å². The summed E-state index contributed by atoms with van der Waals surface area (Å²) in [7, 11) is 1.64. The van der Waals surface area contributed by atoms with Gasteiger partial charge in [0.15, 0.2) is 11.6 Å². The van der Waals surface area contributed by atoms with E-state index in [1.54, 1.807) is 13.4 Å². The van der Waals surface area contributed by atoms with Gasteiger partial charge in [0.05, 0.1) is 24.5 Å². The van der Waals surface area contributed by atoms with Crippen LogP contribution >= 0.6 is 11.6 Å². The summed E-state index contributed by atoms with van der Waals surface area (Å²) in [6, 6.07) is 5.71. The van der Waals surface area contributed by atoms with Gasteiger partial charge in [-0.05, 0) is 24.1 Å². The predicted octanol–water partition coefficient (Wildman–Crippen LogP) is 4.90. The maximum absolute atomic E-state index is 6.25. The second-order valence-electron chi connectivity index (χ2n) is 8.37. The number of hydrogen-bond acceptors (Lipinski definition) is 6. The van der Waals surface area contributed by atoms with E-state index in [1.807, 2.05) is 27.3 Å². The van der Waals surface area contributed by atoms with Gasteiger partial charge in [0, 0.05) is 17.7 Å². The van der Waals surface area contributed by atoms with Crippen molar-refractivity contribution in [2.45, 2.75) is 53.2 Å². The predicted molar refractivity (Wildman–Crippen MR) is 129 cm³/mol. The Balaban J connectivity index is 0.000000325. The third kappa shape index (κ3) is 4.82. The zero-order valence-electron chi connectivity index (χ0n) is 19.7. The Morgan fingerprint density at radius 2 is 2.09 bits per heavy atom. The first-order chi connectivity index (χ1) is 16.1. The number of ether oxygens (including phenoxy) is 2. The maximum Gasteiger partial charge on any atom is 0.237 e. The maximum atomic E-state index is 6.25. The average molecular weight is 471 g/mol. The molecular weight excluding hydrogens is 440 g/mol. The zero-order chi connectivity index (χ0) is 23.4. The largest absolute Gasteiger partial charge is 0.474 e. The Morgan fingerprint density at radius 1 is 1.24 bits per heavy atom. The number of imidazole rings is 1. The molecule has 176 valence electrons. The van der Waals surface area contributed by atoms with E-state index in [0.717, 1.165) is 40.2 Å². The average Bonchev–Trinajstić information content (AvgIpc) is 3.54. The number of hydrogen-bond donors (Lipinski definition) is 0. The summed E-state index contributed by atoms with van der Waals surface area (Å²) >= 11 is 6.25. The molecule has 2 aromatic heterocycles. The molecule has 9 heteroatoms. The molecule has 1 aromatic carbocycles. The molecule has 8 nitrogen and oxygen atoms in total. The van der Waals surface area contributed by atoms with Crippen LogP contribution in [-0.4, -0.2) is 50.5 Å². The first-order valence-electron chi connectivity index (χ1n) is 11.5. The Labute approximate surface area is 199 Å². The Kier molecular flexibility index (Phi) is 7.45. The van der Waals surface area contributed by atoms with E-state index in [9.17, 15) is 0 Å². The molecule has 0 spiro atoms. The Morgan fingerprint density at radius 3 is 2.76 bits per heavy atom. The van der Waals surface area contributed by atoms with Crippen LogP contribution in [-0.2, 0) is 22.6 Å². The molecule has 1 atom stereocenters. The van der Waals surface area contributed by atoms with Crippen molar-refractivity contribution in [2.24, 2.45) is 10.9 Å². The lowest BCUT2D eigenvalue weighted by Gasteiger charge is -2.09. The summed E-state index contributed by atoms with van der Waals surface area (Å²) in [4.78, 5) is 8.99. The molecule has 0 amide bonds. The van der Waals surface area contributed by atoms with Gasteiger partial charge in [-0.1, -0.05) is 51.6 Å². The minimum Gasteiger partial charge on any atom is -0.474 e. The highest BCUT2D eigenvalue weighted by molar-refractivity contribution is 6.31. The third-order valence-electron chi connectivity index (χ3n) is 6.00. The van der Waals surface area contributed by atoms with Crippen molar-refractivity contribution in [3.8, 4) is 17.1 Å². The second kappa shape index (κ2) is 10.5. The van der Waals surface area contributed by atoms with E-state index in [-0.39, 0.29) is 0 Å². The summed E-state index contributed by atoms with van der Waals surface area (Å²) in [5.74, 6) is 3.02. The smallest absolute Gasteiger partial charge is 0.237 e. The number of aromatic nitrogens is 5. The minimum absolute atomic E-state index is 0.365. The first kappa shape index (κ1) is 23.4. The van der Waals surface area contributed by atoms with Crippen LogP contribution < -0.4 is 0 Å². The summed E-state index contributed by atoms with van der Waals surface area (Å²) in [6.45, 7) is 8.94. The lowest BCUT2D eigenvalue weighted by Crippen LogP contribution is -2.12. The normalized spacial score (nSPS) is 14.8. The molecule has 3 aromatic rings. The van der Waals surface area contributed by atoms with Crippen molar-refractivity contribution in [1.82, 2.24) is 24.3 Å². The summed E-state index contributed by atoms with van der Waals surface area (Å²) in [5, 5.41) is 9.32. The van der Waals surface area contributed by atoms with Crippen molar-refractivity contribution >= 4 is 17.5 Å². The van der Waals surface area contributed by atoms with E-state index in [2.05, 4.69) is 40.9 Å². The molecule has 0 saturated heterocycles. The molecule has 0 fully saturated rings. The van der Waals surface area contributed by atoms with Crippen molar-refractivity contribution in [3.05, 3.63) is 46.8 Å². The van der Waals surface area contributed by atoms with Crippen LogP contribution in [0.15, 0.2) is 29.5 Å². The second-order valence-corrected chi connectivity index (χ2v) is 8.80. The fraction of sp³-hybridized carbons (Fsp3) is 0.500. The standard InChI is InChI=1S/C17H15ClN6O2.C7H16/c1-25-8-14-21-22-16-11-6-10(18)2-3-12(11)24-9-20-15(13(24)7-23(14)16)17-19-4-5-26-17;1-4-6-7(3)5-2/h2-3,6,9H,4-5,7-8H2,1H3;7H,4-6H2,1-3H3. The van der Waals surface area contributed by atoms with Gasteiger partial charge in [-0.15, -0.1) is 10.2 Å². The van der Waals surface area contributed by atoms with Crippen LogP contribution in [0, 0.1) is 5.92 Å². The molecule has 33 heavy (non-hydrogen) atoms. The van der Waals surface area contributed by atoms with E-state index in [1.165, 1.54) is 19.3 Å². The van der Waals surface area contributed by atoms with Crippen LogP contribution in [0.4, 0.5) is 0 Å². The van der Waals surface area contributed by atoms with E-state index in [4.69, 9.17) is 21.1 Å².